The number of benzene rings is 1. The molecule has 17 heavy (non-hydrogen) atoms. The average Bonchev–Trinajstić information content (AvgIpc) is 2.27. The maximum absolute atomic E-state index is 5.88. The largest absolute Gasteiger partial charge is 0.236 e. The van der Waals surface area contributed by atoms with Crippen molar-refractivity contribution in [2.45, 2.75) is 25.2 Å². The van der Waals surface area contributed by atoms with E-state index in [1.807, 2.05) is 0 Å². The van der Waals surface area contributed by atoms with Crippen LogP contribution in [0.25, 0.3) is 11.3 Å². The van der Waals surface area contributed by atoms with Gasteiger partial charge in [0.25, 0.3) is 0 Å². The van der Waals surface area contributed by atoms with Gasteiger partial charge < -0.3 is 0 Å². The number of halogens is 1. The molecule has 0 radical (unpaired) electrons. The minimum Gasteiger partial charge on any atom is -0.236 e. The predicted molar refractivity (Wildman–Crippen MR) is 69.1 cm³/mol. The second-order valence-corrected chi connectivity index (χ2v) is 4.87. The second-order valence-electron chi connectivity index (χ2n) is 4.48. The van der Waals surface area contributed by atoms with Crippen LogP contribution in [0.1, 0.15) is 30.7 Å². The highest BCUT2D eigenvalue weighted by Crippen LogP contribution is 2.37. The van der Waals surface area contributed by atoms with E-state index in [-0.39, 0.29) is 0 Å². The molecule has 3 heteroatoms. The van der Waals surface area contributed by atoms with Crippen LogP contribution in [0.2, 0.25) is 5.15 Å². The normalized spacial score (nSPS) is 15.6. The Balaban J connectivity index is 1.97. The lowest BCUT2D eigenvalue weighted by atomic mass is 9.79. The Kier molecular flexibility index (Phi) is 2.81. The summed E-state index contributed by atoms with van der Waals surface area (Å²) in [6, 6.07) is 10.4. The zero-order valence-corrected chi connectivity index (χ0v) is 10.2. The molecule has 2 aromatic rings. The van der Waals surface area contributed by atoms with Gasteiger partial charge in [0.05, 0.1) is 5.69 Å². The van der Waals surface area contributed by atoms with Crippen LogP contribution in [0, 0.1) is 0 Å². The lowest BCUT2D eigenvalue weighted by Crippen LogP contribution is -2.08. The van der Waals surface area contributed by atoms with E-state index in [0.29, 0.717) is 5.15 Å². The zero-order chi connectivity index (χ0) is 11.7. The van der Waals surface area contributed by atoms with Gasteiger partial charge in [0.15, 0.2) is 0 Å². The third-order valence-corrected chi connectivity index (χ3v) is 3.60. The van der Waals surface area contributed by atoms with Crippen LogP contribution in [0.5, 0.6) is 0 Å². The number of hydrogen-bond donors (Lipinski definition) is 0. The van der Waals surface area contributed by atoms with Crippen LogP contribution < -0.4 is 0 Å². The molecule has 0 amide bonds. The lowest BCUT2D eigenvalue weighted by molar-refractivity contribution is 0.420. The molecule has 1 aliphatic carbocycles. The standard InChI is InChI=1S/C14H13ClN2/c15-14-8-13(16-9-17-14)12-6-2-5-11(7-12)10-3-1-4-10/h2,5-10H,1,3-4H2. The van der Waals surface area contributed by atoms with Gasteiger partial charge in [0, 0.05) is 11.6 Å². The molecule has 1 aromatic heterocycles. The second kappa shape index (κ2) is 4.46. The number of aromatic nitrogens is 2. The van der Waals surface area contributed by atoms with Gasteiger partial charge in [0.2, 0.25) is 0 Å². The molecular weight excluding hydrogens is 232 g/mol. The molecule has 2 nitrogen and oxygen atoms in total. The van der Waals surface area contributed by atoms with Crippen molar-refractivity contribution in [1.82, 2.24) is 9.97 Å². The summed E-state index contributed by atoms with van der Waals surface area (Å²) in [5.74, 6) is 0.743. The van der Waals surface area contributed by atoms with Crippen molar-refractivity contribution in [1.29, 1.82) is 0 Å². The molecule has 0 bridgehead atoms. The Bertz CT molecular complexity index is 535. The molecule has 1 aromatic carbocycles. The number of rotatable bonds is 2. The van der Waals surface area contributed by atoms with Gasteiger partial charge in [-0.25, -0.2) is 9.97 Å². The molecule has 0 atom stereocenters. The molecule has 0 unspecified atom stereocenters. The predicted octanol–water partition coefficient (Wildman–Crippen LogP) is 4.06. The molecule has 0 saturated heterocycles. The molecule has 0 N–H and O–H groups in total. The van der Waals surface area contributed by atoms with Crippen LogP contribution >= 0.6 is 11.6 Å². The summed E-state index contributed by atoms with van der Waals surface area (Å²) in [4.78, 5) is 8.16. The Morgan fingerprint density at radius 3 is 2.71 bits per heavy atom. The average molecular weight is 245 g/mol. The monoisotopic (exact) mass is 244 g/mol. The smallest absolute Gasteiger partial charge is 0.133 e. The van der Waals surface area contributed by atoms with Crippen molar-refractivity contribution in [3.05, 3.63) is 47.4 Å². The third-order valence-electron chi connectivity index (χ3n) is 3.39. The van der Waals surface area contributed by atoms with Crippen molar-refractivity contribution in [3.63, 3.8) is 0 Å². The van der Waals surface area contributed by atoms with E-state index in [9.17, 15) is 0 Å². The molecule has 1 heterocycles. The zero-order valence-electron chi connectivity index (χ0n) is 9.44. The summed E-state index contributed by atoms with van der Waals surface area (Å²) in [6.07, 6.45) is 5.49. The fourth-order valence-electron chi connectivity index (χ4n) is 2.18. The minimum atomic E-state index is 0.490. The third kappa shape index (κ3) is 2.18. The maximum Gasteiger partial charge on any atom is 0.133 e. The number of hydrogen-bond acceptors (Lipinski definition) is 2. The Hall–Kier alpha value is -1.41. The van der Waals surface area contributed by atoms with Gasteiger partial charge in [-0.05, 0) is 30.4 Å². The van der Waals surface area contributed by atoms with Crippen molar-refractivity contribution in [3.8, 4) is 11.3 Å². The van der Waals surface area contributed by atoms with E-state index in [1.54, 1.807) is 6.07 Å². The molecule has 1 aliphatic rings. The molecule has 0 aliphatic heterocycles. The van der Waals surface area contributed by atoms with Gasteiger partial charge in [-0.3, -0.25) is 0 Å². The summed E-state index contributed by atoms with van der Waals surface area (Å²) in [5, 5.41) is 0.490. The number of nitrogens with zero attached hydrogens (tertiary/aromatic N) is 2. The van der Waals surface area contributed by atoms with Crippen LogP contribution in [-0.2, 0) is 0 Å². The van der Waals surface area contributed by atoms with Crippen LogP contribution in [0.4, 0.5) is 0 Å². The summed E-state index contributed by atoms with van der Waals surface area (Å²) >= 11 is 5.88. The van der Waals surface area contributed by atoms with Crippen molar-refractivity contribution >= 4 is 11.6 Å². The highest BCUT2D eigenvalue weighted by molar-refractivity contribution is 6.29. The van der Waals surface area contributed by atoms with E-state index in [2.05, 4.69) is 34.2 Å². The first-order valence-corrected chi connectivity index (χ1v) is 6.28. The molecular formula is C14H13ClN2. The first kappa shape index (κ1) is 10.7. The van der Waals surface area contributed by atoms with Crippen molar-refractivity contribution in [2.24, 2.45) is 0 Å². The Morgan fingerprint density at radius 1 is 1.12 bits per heavy atom. The molecule has 1 fully saturated rings. The highest BCUT2D eigenvalue weighted by Gasteiger charge is 2.19. The van der Waals surface area contributed by atoms with E-state index < -0.39 is 0 Å². The summed E-state index contributed by atoms with van der Waals surface area (Å²) in [7, 11) is 0. The summed E-state index contributed by atoms with van der Waals surface area (Å²) < 4.78 is 0. The molecule has 86 valence electrons. The van der Waals surface area contributed by atoms with E-state index >= 15 is 0 Å². The van der Waals surface area contributed by atoms with E-state index in [1.165, 1.54) is 31.2 Å². The SMILES string of the molecule is Clc1cc(-c2cccc(C3CCC3)c2)ncn1. The first-order valence-electron chi connectivity index (χ1n) is 5.91. The Labute approximate surface area is 106 Å². The topological polar surface area (TPSA) is 25.8 Å². The molecule has 1 saturated carbocycles. The highest BCUT2D eigenvalue weighted by atomic mass is 35.5. The summed E-state index contributed by atoms with van der Waals surface area (Å²) in [6.45, 7) is 0. The van der Waals surface area contributed by atoms with Crippen LogP contribution in [0.3, 0.4) is 0 Å². The van der Waals surface area contributed by atoms with E-state index in [0.717, 1.165) is 17.2 Å². The lowest BCUT2D eigenvalue weighted by Gasteiger charge is -2.26. The van der Waals surface area contributed by atoms with Gasteiger partial charge in [-0.1, -0.05) is 36.2 Å². The molecule has 3 rings (SSSR count). The van der Waals surface area contributed by atoms with Crippen LogP contribution in [-0.4, -0.2) is 9.97 Å². The summed E-state index contributed by atoms with van der Waals surface area (Å²) in [5.41, 5.74) is 3.44. The molecule has 0 spiro atoms. The van der Waals surface area contributed by atoms with Gasteiger partial charge in [-0.2, -0.15) is 0 Å². The first-order chi connectivity index (χ1) is 8.33. The fourth-order valence-corrected chi connectivity index (χ4v) is 2.33. The van der Waals surface area contributed by atoms with Gasteiger partial charge in [-0.15, -0.1) is 0 Å². The van der Waals surface area contributed by atoms with Gasteiger partial charge in [0.1, 0.15) is 11.5 Å². The Morgan fingerprint density at radius 2 is 2.00 bits per heavy atom. The van der Waals surface area contributed by atoms with Crippen LogP contribution in [0.15, 0.2) is 36.7 Å². The quantitative estimate of drug-likeness (QED) is 0.745. The van der Waals surface area contributed by atoms with Crippen molar-refractivity contribution in [2.75, 3.05) is 0 Å². The van der Waals surface area contributed by atoms with Crippen molar-refractivity contribution < 1.29 is 0 Å². The fraction of sp³-hybridized carbons (Fsp3) is 0.286. The maximum atomic E-state index is 5.88. The van der Waals surface area contributed by atoms with E-state index in [4.69, 9.17) is 11.6 Å². The minimum absolute atomic E-state index is 0.490. The van der Waals surface area contributed by atoms with Gasteiger partial charge >= 0.3 is 0 Å².